The van der Waals surface area contributed by atoms with Gasteiger partial charge >= 0.3 is 5.97 Å². The van der Waals surface area contributed by atoms with Gasteiger partial charge in [0.1, 0.15) is 0 Å². The first-order valence-corrected chi connectivity index (χ1v) is 5.65. The van der Waals surface area contributed by atoms with Crippen molar-refractivity contribution in [3.05, 3.63) is 35.4 Å². The van der Waals surface area contributed by atoms with Crippen molar-refractivity contribution in [2.24, 2.45) is 0 Å². The number of carboxylic acid groups (broad SMARTS) is 1. The molecular weight excluding hydrogens is 218 g/mol. The molecule has 0 spiro atoms. The molecule has 0 aliphatic heterocycles. The van der Waals surface area contributed by atoms with Crippen molar-refractivity contribution in [2.75, 3.05) is 0 Å². The molecule has 0 aromatic heterocycles. The van der Waals surface area contributed by atoms with Gasteiger partial charge in [0.15, 0.2) is 0 Å². The van der Waals surface area contributed by atoms with E-state index in [2.05, 4.69) is 5.32 Å². The van der Waals surface area contributed by atoms with Crippen LogP contribution in [0.2, 0.25) is 0 Å². The number of rotatable bonds is 5. The molecule has 1 unspecified atom stereocenters. The van der Waals surface area contributed by atoms with Crippen molar-refractivity contribution in [1.82, 2.24) is 5.32 Å². The number of aromatic carboxylic acids is 1. The highest BCUT2D eigenvalue weighted by Crippen LogP contribution is 2.09. The van der Waals surface area contributed by atoms with E-state index in [-0.39, 0.29) is 23.9 Å². The van der Waals surface area contributed by atoms with Crippen LogP contribution in [0.1, 0.15) is 36.2 Å². The summed E-state index contributed by atoms with van der Waals surface area (Å²) in [6.45, 7) is 3.90. The molecule has 1 aromatic carbocycles. The molecule has 1 atom stereocenters. The first kappa shape index (κ1) is 13.2. The van der Waals surface area contributed by atoms with Crippen molar-refractivity contribution in [2.45, 2.75) is 32.7 Å². The van der Waals surface area contributed by atoms with E-state index in [9.17, 15) is 9.59 Å². The van der Waals surface area contributed by atoms with E-state index < -0.39 is 5.97 Å². The minimum Gasteiger partial charge on any atom is -0.478 e. The van der Waals surface area contributed by atoms with Gasteiger partial charge in [-0.05, 0) is 25.0 Å². The lowest BCUT2D eigenvalue weighted by Crippen LogP contribution is -2.33. The standard InChI is InChI=1S/C13H17NO3/c1-3-9(2)14-12(15)8-10-6-4-5-7-11(10)13(16)17/h4-7,9H,3,8H2,1-2H3,(H,14,15)(H,16,17). The van der Waals surface area contributed by atoms with Crippen LogP contribution in [-0.4, -0.2) is 23.0 Å². The van der Waals surface area contributed by atoms with Crippen molar-refractivity contribution >= 4 is 11.9 Å². The van der Waals surface area contributed by atoms with Crippen LogP contribution >= 0.6 is 0 Å². The first-order chi connectivity index (χ1) is 8.04. The van der Waals surface area contributed by atoms with Gasteiger partial charge in [0.2, 0.25) is 5.91 Å². The second kappa shape index (κ2) is 6.03. The lowest BCUT2D eigenvalue weighted by molar-refractivity contribution is -0.121. The van der Waals surface area contributed by atoms with Crippen LogP contribution in [0.15, 0.2) is 24.3 Å². The molecule has 92 valence electrons. The number of amides is 1. The number of carboxylic acids is 1. The van der Waals surface area contributed by atoms with Gasteiger partial charge in [0.05, 0.1) is 12.0 Å². The fourth-order valence-electron chi connectivity index (χ4n) is 1.48. The Hall–Kier alpha value is -1.84. The maximum Gasteiger partial charge on any atom is 0.335 e. The average molecular weight is 235 g/mol. The molecule has 1 aromatic rings. The summed E-state index contributed by atoms with van der Waals surface area (Å²) in [5, 5.41) is 11.8. The Balaban J connectivity index is 2.74. The largest absolute Gasteiger partial charge is 0.478 e. The maximum absolute atomic E-state index is 11.7. The number of hydrogen-bond acceptors (Lipinski definition) is 2. The van der Waals surface area contributed by atoms with Crippen LogP contribution in [0.4, 0.5) is 0 Å². The Morgan fingerprint density at radius 2 is 2.00 bits per heavy atom. The molecule has 2 N–H and O–H groups in total. The average Bonchev–Trinajstić information content (AvgIpc) is 2.29. The molecule has 1 rings (SSSR count). The SMILES string of the molecule is CCC(C)NC(=O)Cc1ccccc1C(=O)O. The van der Waals surface area contributed by atoms with Crippen molar-refractivity contribution in [1.29, 1.82) is 0 Å². The van der Waals surface area contributed by atoms with Crippen LogP contribution in [0.25, 0.3) is 0 Å². The van der Waals surface area contributed by atoms with Crippen LogP contribution in [0, 0.1) is 0 Å². The number of benzene rings is 1. The van der Waals surface area contributed by atoms with E-state index in [0.29, 0.717) is 5.56 Å². The molecule has 0 heterocycles. The highest BCUT2D eigenvalue weighted by atomic mass is 16.4. The number of nitrogens with one attached hydrogen (secondary N) is 1. The Morgan fingerprint density at radius 3 is 2.59 bits per heavy atom. The van der Waals surface area contributed by atoms with Gasteiger partial charge in [-0.1, -0.05) is 25.1 Å². The quantitative estimate of drug-likeness (QED) is 0.818. The number of carbonyl (C=O) groups is 2. The topological polar surface area (TPSA) is 66.4 Å². The number of hydrogen-bond donors (Lipinski definition) is 2. The van der Waals surface area contributed by atoms with Crippen LogP contribution in [0.3, 0.4) is 0 Å². The van der Waals surface area contributed by atoms with Crippen molar-refractivity contribution < 1.29 is 14.7 Å². The second-order valence-electron chi connectivity index (χ2n) is 4.02. The Kier molecular flexibility index (Phi) is 4.69. The Morgan fingerprint density at radius 1 is 1.35 bits per heavy atom. The van der Waals surface area contributed by atoms with Gasteiger partial charge in [0, 0.05) is 6.04 Å². The van der Waals surface area contributed by atoms with Crippen LogP contribution < -0.4 is 5.32 Å². The van der Waals surface area contributed by atoms with E-state index in [1.807, 2.05) is 13.8 Å². The molecule has 0 aliphatic rings. The normalized spacial score (nSPS) is 11.9. The molecular formula is C13H17NO3. The van der Waals surface area contributed by atoms with Crippen molar-refractivity contribution in [3.8, 4) is 0 Å². The molecule has 0 fully saturated rings. The molecule has 0 bridgehead atoms. The zero-order valence-corrected chi connectivity index (χ0v) is 10.1. The van der Waals surface area contributed by atoms with E-state index >= 15 is 0 Å². The molecule has 0 radical (unpaired) electrons. The monoisotopic (exact) mass is 235 g/mol. The third-order valence-electron chi connectivity index (χ3n) is 2.62. The summed E-state index contributed by atoms with van der Waals surface area (Å²) in [6, 6.07) is 6.67. The highest BCUT2D eigenvalue weighted by Gasteiger charge is 2.13. The lowest BCUT2D eigenvalue weighted by atomic mass is 10.0. The lowest BCUT2D eigenvalue weighted by Gasteiger charge is -2.12. The maximum atomic E-state index is 11.7. The summed E-state index contributed by atoms with van der Waals surface area (Å²) in [5.41, 5.74) is 0.729. The smallest absolute Gasteiger partial charge is 0.335 e. The predicted molar refractivity (Wildman–Crippen MR) is 65.0 cm³/mol. The molecule has 4 heteroatoms. The zero-order chi connectivity index (χ0) is 12.8. The fraction of sp³-hybridized carbons (Fsp3) is 0.385. The van der Waals surface area contributed by atoms with Gasteiger partial charge in [-0.25, -0.2) is 4.79 Å². The van der Waals surface area contributed by atoms with Crippen molar-refractivity contribution in [3.63, 3.8) is 0 Å². The minimum atomic E-state index is -1.00. The van der Waals surface area contributed by atoms with Crippen LogP contribution in [0.5, 0.6) is 0 Å². The molecule has 0 aliphatic carbocycles. The van der Waals surface area contributed by atoms with Gasteiger partial charge in [0.25, 0.3) is 0 Å². The fourth-order valence-corrected chi connectivity index (χ4v) is 1.48. The molecule has 4 nitrogen and oxygen atoms in total. The summed E-state index contributed by atoms with van der Waals surface area (Å²) in [4.78, 5) is 22.6. The summed E-state index contributed by atoms with van der Waals surface area (Å²) >= 11 is 0. The highest BCUT2D eigenvalue weighted by molar-refractivity contribution is 5.91. The van der Waals surface area contributed by atoms with E-state index in [4.69, 9.17) is 5.11 Å². The van der Waals surface area contributed by atoms with E-state index in [1.165, 1.54) is 6.07 Å². The van der Waals surface area contributed by atoms with Crippen LogP contribution in [-0.2, 0) is 11.2 Å². The molecule has 0 saturated heterocycles. The third-order valence-corrected chi connectivity index (χ3v) is 2.62. The minimum absolute atomic E-state index is 0.104. The summed E-state index contributed by atoms with van der Waals surface area (Å²) < 4.78 is 0. The first-order valence-electron chi connectivity index (χ1n) is 5.65. The van der Waals surface area contributed by atoms with E-state index in [0.717, 1.165) is 6.42 Å². The van der Waals surface area contributed by atoms with Gasteiger partial charge in [-0.2, -0.15) is 0 Å². The summed E-state index contributed by atoms with van der Waals surface area (Å²) in [7, 11) is 0. The van der Waals surface area contributed by atoms with Gasteiger partial charge in [-0.15, -0.1) is 0 Å². The van der Waals surface area contributed by atoms with Gasteiger partial charge in [-0.3, -0.25) is 4.79 Å². The predicted octanol–water partition coefficient (Wildman–Crippen LogP) is 1.84. The molecule has 0 saturated carbocycles. The summed E-state index contributed by atoms with van der Waals surface area (Å²) in [5.74, 6) is -1.15. The molecule has 17 heavy (non-hydrogen) atoms. The van der Waals surface area contributed by atoms with E-state index in [1.54, 1.807) is 18.2 Å². The number of carbonyl (C=O) groups excluding carboxylic acids is 1. The Labute approximate surface area is 101 Å². The second-order valence-corrected chi connectivity index (χ2v) is 4.02. The zero-order valence-electron chi connectivity index (χ0n) is 10.1. The Bertz CT molecular complexity index is 415. The van der Waals surface area contributed by atoms with Gasteiger partial charge < -0.3 is 10.4 Å². The third kappa shape index (κ3) is 3.90. The molecule has 1 amide bonds. The summed E-state index contributed by atoms with van der Waals surface area (Å²) in [6.07, 6.45) is 0.957.